The number of nitrogens with zero attached hydrogens (tertiary/aromatic N) is 1. The third kappa shape index (κ3) is 8.36. The van der Waals surface area contributed by atoms with Crippen LogP contribution in [0.15, 0.2) is 83.3 Å². The van der Waals surface area contributed by atoms with E-state index in [1.165, 1.54) is 5.56 Å². The predicted molar refractivity (Wildman–Crippen MR) is 146 cm³/mol. The van der Waals surface area contributed by atoms with Gasteiger partial charge in [0.1, 0.15) is 6.04 Å². The summed E-state index contributed by atoms with van der Waals surface area (Å²) in [6.07, 6.45) is 2.29. The van der Waals surface area contributed by atoms with Crippen LogP contribution in [0.4, 0.5) is 0 Å². The average molecular weight is 536 g/mol. The number of benzene rings is 3. The number of halogens is 1. The Hall–Kier alpha value is -2.92. The van der Waals surface area contributed by atoms with Crippen molar-refractivity contribution in [2.75, 3.05) is 0 Å². The largest absolute Gasteiger partial charge is 0.352 e. The van der Waals surface area contributed by atoms with Crippen LogP contribution in [0.5, 0.6) is 0 Å². The summed E-state index contributed by atoms with van der Waals surface area (Å²) >= 11 is 3.48. The van der Waals surface area contributed by atoms with E-state index >= 15 is 0 Å². The molecule has 5 heteroatoms. The van der Waals surface area contributed by atoms with Crippen molar-refractivity contribution in [2.45, 2.75) is 65.1 Å². The topological polar surface area (TPSA) is 49.4 Å². The van der Waals surface area contributed by atoms with Gasteiger partial charge in [0.15, 0.2) is 0 Å². The van der Waals surface area contributed by atoms with Crippen LogP contribution in [-0.2, 0) is 29.0 Å². The molecule has 3 rings (SSSR count). The van der Waals surface area contributed by atoms with Gasteiger partial charge in [-0.3, -0.25) is 9.59 Å². The molecule has 0 radical (unpaired) electrons. The van der Waals surface area contributed by atoms with E-state index in [9.17, 15) is 9.59 Å². The minimum atomic E-state index is -0.597. The van der Waals surface area contributed by atoms with E-state index in [4.69, 9.17) is 0 Å². The Morgan fingerprint density at radius 3 is 2.14 bits per heavy atom. The van der Waals surface area contributed by atoms with Gasteiger partial charge in [-0.2, -0.15) is 0 Å². The van der Waals surface area contributed by atoms with E-state index in [1.54, 1.807) is 4.90 Å². The highest BCUT2D eigenvalue weighted by Gasteiger charge is 2.30. The molecule has 2 atom stereocenters. The molecule has 0 aromatic heterocycles. The van der Waals surface area contributed by atoms with Crippen molar-refractivity contribution < 1.29 is 9.59 Å². The van der Waals surface area contributed by atoms with Gasteiger partial charge in [-0.25, -0.2) is 0 Å². The van der Waals surface area contributed by atoms with E-state index in [1.807, 2.05) is 68.4 Å². The molecule has 0 saturated heterocycles. The van der Waals surface area contributed by atoms with E-state index in [2.05, 4.69) is 52.4 Å². The molecule has 35 heavy (non-hydrogen) atoms. The molecule has 184 valence electrons. The third-order valence-electron chi connectivity index (χ3n) is 6.29. The SMILES string of the molecule is CC[C@@H](C)NC(=O)[C@@H](Cc1ccccc1)N(Cc1ccc(Br)cc1)C(=O)CCc1ccc(C)cc1. The molecule has 1 N–H and O–H groups in total. The fraction of sp³-hybridized carbons (Fsp3) is 0.333. The molecule has 0 unspecified atom stereocenters. The second-order valence-corrected chi connectivity index (χ2v) is 10.1. The number of nitrogens with one attached hydrogen (secondary N) is 1. The van der Waals surface area contributed by atoms with Crippen LogP contribution in [0.1, 0.15) is 48.9 Å². The maximum absolute atomic E-state index is 13.7. The van der Waals surface area contributed by atoms with Gasteiger partial charge in [-0.05, 0) is 55.5 Å². The number of aryl methyl sites for hydroxylation is 2. The summed E-state index contributed by atoms with van der Waals surface area (Å²) in [5.41, 5.74) is 4.34. The van der Waals surface area contributed by atoms with Gasteiger partial charge in [-0.1, -0.05) is 95.1 Å². The van der Waals surface area contributed by atoms with E-state index in [0.717, 1.165) is 27.6 Å². The zero-order valence-corrected chi connectivity index (χ0v) is 22.4. The fourth-order valence-electron chi connectivity index (χ4n) is 3.93. The summed E-state index contributed by atoms with van der Waals surface area (Å²) < 4.78 is 0.980. The lowest BCUT2D eigenvalue weighted by Gasteiger charge is -2.32. The number of hydrogen-bond donors (Lipinski definition) is 1. The van der Waals surface area contributed by atoms with Crippen molar-refractivity contribution in [3.05, 3.63) is 106 Å². The van der Waals surface area contributed by atoms with Crippen LogP contribution in [-0.4, -0.2) is 28.8 Å². The molecule has 0 bridgehead atoms. The molecular formula is C30H35BrN2O2. The number of carbonyl (C=O) groups excluding carboxylic acids is 2. The number of amides is 2. The van der Waals surface area contributed by atoms with E-state index in [0.29, 0.717) is 25.8 Å². The van der Waals surface area contributed by atoms with Crippen molar-refractivity contribution in [3.8, 4) is 0 Å². The van der Waals surface area contributed by atoms with Gasteiger partial charge in [0, 0.05) is 29.9 Å². The minimum Gasteiger partial charge on any atom is -0.352 e. The molecule has 0 fully saturated rings. The summed E-state index contributed by atoms with van der Waals surface area (Å²) in [7, 11) is 0. The first-order chi connectivity index (χ1) is 16.9. The highest BCUT2D eigenvalue weighted by Crippen LogP contribution is 2.19. The van der Waals surface area contributed by atoms with Crippen molar-refractivity contribution in [1.82, 2.24) is 10.2 Å². The smallest absolute Gasteiger partial charge is 0.243 e. The minimum absolute atomic E-state index is 0.0197. The molecule has 2 amide bonds. The van der Waals surface area contributed by atoms with Crippen LogP contribution >= 0.6 is 15.9 Å². The Labute approximate surface area is 217 Å². The number of rotatable bonds is 11. The van der Waals surface area contributed by atoms with Crippen LogP contribution in [0.3, 0.4) is 0 Å². The number of hydrogen-bond acceptors (Lipinski definition) is 2. The molecule has 0 aliphatic carbocycles. The summed E-state index contributed by atoms with van der Waals surface area (Å²) in [5, 5.41) is 3.12. The van der Waals surface area contributed by atoms with Gasteiger partial charge in [0.2, 0.25) is 11.8 Å². The van der Waals surface area contributed by atoms with Crippen molar-refractivity contribution >= 4 is 27.7 Å². The zero-order chi connectivity index (χ0) is 25.2. The quantitative estimate of drug-likeness (QED) is 0.316. The monoisotopic (exact) mass is 534 g/mol. The highest BCUT2D eigenvalue weighted by molar-refractivity contribution is 9.10. The van der Waals surface area contributed by atoms with Gasteiger partial charge < -0.3 is 10.2 Å². The first-order valence-corrected chi connectivity index (χ1v) is 13.1. The summed E-state index contributed by atoms with van der Waals surface area (Å²) in [6.45, 7) is 6.48. The highest BCUT2D eigenvalue weighted by atomic mass is 79.9. The van der Waals surface area contributed by atoms with Crippen molar-refractivity contribution in [3.63, 3.8) is 0 Å². The molecule has 4 nitrogen and oxygen atoms in total. The zero-order valence-electron chi connectivity index (χ0n) is 20.8. The summed E-state index contributed by atoms with van der Waals surface area (Å²) in [4.78, 5) is 29.0. The molecule has 0 aliphatic heterocycles. The van der Waals surface area contributed by atoms with Gasteiger partial charge in [0.25, 0.3) is 0 Å². The van der Waals surface area contributed by atoms with Crippen LogP contribution in [0.2, 0.25) is 0 Å². The average Bonchev–Trinajstić information content (AvgIpc) is 2.87. The lowest BCUT2D eigenvalue weighted by molar-refractivity contribution is -0.141. The van der Waals surface area contributed by atoms with Crippen LogP contribution < -0.4 is 5.32 Å². The summed E-state index contributed by atoms with van der Waals surface area (Å²) in [5.74, 6) is -0.127. The Balaban J connectivity index is 1.89. The van der Waals surface area contributed by atoms with E-state index < -0.39 is 6.04 Å². The summed E-state index contributed by atoms with van der Waals surface area (Å²) in [6, 6.07) is 25.6. The first kappa shape index (κ1) is 26.7. The molecule has 0 heterocycles. The molecule has 3 aromatic rings. The number of carbonyl (C=O) groups is 2. The van der Waals surface area contributed by atoms with Crippen LogP contribution in [0.25, 0.3) is 0 Å². The van der Waals surface area contributed by atoms with Gasteiger partial charge in [0.05, 0.1) is 0 Å². The van der Waals surface area contributed by atoms with Gasteiger partial charge >= 0.3 is 0 Å². The third-order valence-corrected chi connectivity index (χ3v) is 6.82. The lowest BCUT2D eigenvalue weighted by Crippen LogP contribution is -2.52. The molecule has 3 aromatic carbocycles. The first-order valence-electron chi connectivity index (χ1n) is 12.3. The normalized spacial score (nSPS) is 12.6. The molecule has 0 saturated carbocycles. The molecular weight excluding hydrogens is 500 g/mol. The van der Waals surface area contributed by atoms with Crippen molar-refractivity contribution in [1.29, 1.82) is 0 Å². The lowest BCUT2D eigenvalue weighted by atomic mass is 10.0. The van der Waals surface area contributed by atoms with Gasteiger partial charge in [-0.15, -0.1) is 0 Å². The second kappa shape index (κ2) is 13.2. The Kier molecular flexibility index (Phi) is 10.1. The molecule has 0 aliphatic rings. The molecule has 0 spiro atoms. The Morgan fingerprint density at radius 1 is 0.886 bits per heavy atom. The van der Waals surface area contributed by atoms with Crippen molar-refractivity contribution in [2.24, 2.45) is 0 Å². The standard InChI is InChI=1S/C30H35BrN2O2/c1-4-23(3)32-30(35)28(20-25-8-6-5-7-9-25)33(21-26-14-17-27(31)18-15-26)29(34)19-16-24-12-10-22(2)11-13-24/h5-15,17-18,23,28H,4,16,19-21H2,1-3H3,(H,32,35)/t23-,28-/m1/s1. The second-order valence-electron chi connectivity index (χ2n) is 9.16. The fourth-order valence-corrected chi connectivity index (χ4v) is 4.20. The Bertz CT molecular complexity index is 1080. The van der Waals surface area contributed by atoms with Crippen LogP contribution in [0, 0.1) is 6.92 Å². The Morgan fingerprint density at radius 2 is 1.51 bits per heavy atom. The maximum Gasteiger partial charge on any atom is 0.243 e. The van der Waals surface area contributed by atoms with E-state index in [-0.39, 0.29) is 17.9 Å². The maximum atomic E-state index is 13.7. The predicted octanol–water partition coefficient (Wildman–Crippen LogP) is 6.24.